The Balaban J connectivity index is 0.000000267. The van der Waals surface area contributed by atoms with Crippen LogP contribution >= 0.6 is 11.6 Å². The molecule has 18 heavy (non-hydrogen) atoms. The van der Waals surface area contributed by atoms with Crippen LogP contribution in [0.2, 0.25) is 0 Å². The summed E-state index contributed by atoms with van der Waals surface area (Å²) in [4.78, 5) is 24.7. The van der Waals surface area contributed by atoms with Gasteiger partial charge in [-0.2, -0.15) is 0 Å². The van der Waals surface area contributed by atoms with Gasteiger partial charge in [-0.3, -0.25) is 9.59 Å². The van der Waals surface area contributed by atoms with Crippen molar-refractivity contribution in [1.82, 2.24) is 14.5 Å². The topological polar surface area (TPSA) is 55.2 Å². The molecular formula is C12H16ClN3O2. The van der Waals surface area contributed by atoms with E-state index in [9.17, 15) is 4.79 Å². The SMILES string of the molecule is C=CN1CCCC1=O.C=Cn1ccnc1.O=CCl. The summed E-state index contributed by atoms with van der Waals surface area (Å²) < 4.78 is 1.78. The van der Waals surface area contributed by atoms with Crippen molar-refractivity contribution in [2.24, 2.45) is 0 Å². The van der Waals surface area contributed by atoms with Gasteiger partial charge >= 0.3 is 0 Å². The first-order chi connectivity index (χ1) is 8.69. The zero-order valence-corrected chi connectivity index (χ0v) is 10.8. The van der Waals surface area contributed by atoms with Gasteiger partial charge in [0.05, 0.1) is 6.33 Å². The fourth-order valence-corrected chi connectivity index (χ4v) is 1.24. The van der Waals surface area contributed by atoms with E-state index in [1.54, 1.807) is 34.4 Å². The van der Waals surface area contributed by atoms with E-state index in [4.69, 9.17) is 4.79 Å². The molecule has 1 aromatic rings. The van der Waals surface area contributed by atoms with E-state index in [2.05, 4.69) is 29.7 Å². The second-order valence-electron chi connectivity index (χ2n) is 3.15. The van der Waals surface area contributed by atoms with Crippen molar-refractivity contribution in [1.29, 1.82) is 0 Å². The number of aromatic nitrogens is 2. The fraction of sp³-hybridized carbons (Fsp3) is 0.250. The Morgan fingerprint density at radius 2 is 2.06 bits per heavy atom. The number of rotatable bonds is 2. The Bertz CT molecular complexity index is 377. The van der Waals surface area contributed by atoms with Crippen molar-refractivity contribution in [3.63, 3.8) is 0 Å². The van der Waals surface area contributed by atoms with Crippen LogP contribution in [0.5, 0.6) is 0 Å². The van der Waals surface area contributed by atoms with Crippen LogP contribution < -0.4 is 0 Å². The highest BCUT2D eigenvalue weighted by atomic mass is 35.5. The summed E-state index contributed by atoms with van der Waals surface area (Å²) in [5.74, 6) is 0.431. The summed E-state index contributed by atoms with van der Waals surface area (Å²) in [5, 5.41) is 0. The molecule has 1 amide bonds. The molecule has 1 aliphatic rings. The second kappa shape index (κ2) is 10.3. The third-order valence-corrected chi connectivity index (χ3v) is 2.07. The highest BCUT2D eigenvalue weighted by Crippen LogP contribution is 2.08. The number of hydrogen-bond acceptors (Lipinski definition) is 3. The molecule has 0 unspecified atom stereocenters. The number of halogens is 1. The lowest BCUT2D eigenvalue weighted by atomic mass is 10.4. The van der Waals surface area contributed by atoms with Crippen LogP contribution in [0.25, 0.3) is 6.20 Å². The van der Waals surface area contributed by atoms with Crippen molar-refractivity contribution >= 4 is 29.5 Å². The molecule has 1 aromatic heterocycles. The lowest BCUT2D eigenvalue weighted by Gasteiger charge is -2.05. The minimum absolute atomic E-state index is 0.208. The standard InChI is InChI=1S/C6H9NO.C5H6N2.CHClO/c1-2-7-5-3-4-6(7)8;1-2-7-4-3-6-5-7;2-1-3/h2H,1,3-5H2;2-5H,1H2;1H. The molecule has 2 heterocycles. The first-order valence-electron chi connectivity index (χ1n) is 5.25. The molecule has 1 fully saturated rings. The number of imidazole rings is 1. The molecule has 1 saturated heterocycles. The van der Waals surface area contributed by atoms with Gasteiger partial charge in [-0.05, 0) is 24.2 Å². The monoisotopic (exact) mass is 269 g/mol. The number of hydrogen-bond donors (Lipinski definition) is 0. The molecule has 98 valence electrons. The van der Waals surface area contributed by atoms with Crippen molar-refractivity contribution in [3.05, 3.63) is 38.1 Å². The van der Waals surface area contributed by atoms with Crippen LogP contribution in [-0.2, 0) is 9.59 Å². The quantitative estimate of drug-likeness (QED) is 0.611. The molecule has 0 N–H and O–H groups in total. The Kier molecular flexibility index (Phi) is 9.21. The van der Waals surface area contributed by atoms with Crippen LogP contribution in [0.1, 0.15) is 12.8 Å². The first kappa shape index (κ1) is 16.1. The minimum atomic E-state index is 0.208. The number of carbonyl (C=O) groups excluding carboxylic acids is 2. The molecule has 0 aromatic carbocycles. The van der Waals surface area contributed by atoms with Crippen molar-refractivity contribution in [3.8, 4) is 0 Å². The van der Waals surface area contributed by atoms with Gasteiger partial charge in [0, 0.05) is 31.6 Å². The highest BCUT2D eigenvalue weighted by Gasteiger charge is 2.15. The predicted molar refractivity (Wildman–Crippen MR) is 72.4 cm³/mol. The maximum atomic E-state index is 10.7. The smallest absolute Gasteiger partial charge is 0.226 e. The zero-order chi connectivity index (χ0) is 13.8. The largest absolute Gasteiger partial charge is 0.320 e. The molecule has 1 aliphatic heterocycles. The van der Waals surface area contributed by atoms with Crippen molar-refractivity contribution in [2.75, 3.05) is 6.54 Å². The van der Waals surface area contributed by atoms with E-state index < -0.39 is 0 Å². The summed E-state index contributed by atoms with van der Waals surface area (Å²) in [6, 6.07) is 0. The molecule has 0 spiro atoms. The number of likely N-dealkylation sites (tertiary alicyclic amines) is 1. The van der Waals surface area contributed by atoms with E-state index in [0.29, 0.717) is 6.42 Å². The number of nitrogens with zero attached hydrogens (tertiary/aromatic N) is 3. The molecule has 0 saturated carbocycles. The lowest BCUT2D eigenvalue weighted by molar-refractivity contribution is -0.125. The van der Waals surface area contributed by atoms with Gasteiger partial charge in [0.2, 0.25) is 11.7 Å². The van der Waals surface area contributed by atoms with E-state index in [1.807, 2.05) is 6.20 Å². The first-order valence-corrected chi connectivity index (χ1v) is 5.69. The fourth-order valence-electron chi connectivity index (χ4n) is 1.24. The molecule has 0 bridgehead atoms. The van der Waals surface area contributed by atoms with Crippen LogP contribution in [0, 0.1) is 0 Å². The maximum absolute atomic E-state index is 10.7. The van der Waals surface area contributed by atoms with Gasteiger partial charge in [0.1, 0.15) is 0 Å². The molecule has 2 rings (SSSR count). The molecule has 0 atom stereocenters. The van der Waals surface area contributed by atoms with Gasteiger partial charge in [0.15, 0.2) is 0 Å². The summed E-state index contributed by atoms with van der Waals surface area (Å²) >= 11 is 4.32. The molecule has 6 heteroatoms. The van der Waals surface area contributed by atoms with Crippen LogP contribution in [-0.4, -0.2) is 32.6 Å². The van der Waals surface area contributed by atoms with Gasteiger partial charge in [-0.25, -0.2) is 4.98 Å². The van der Waals surface area contributed by atoms with Crippen molar-refractivity contribution in [2.45, 2.75) is 12.8 Å². The van der Waals surface area contributed by atoms with Gasteiger partial charge in [-0.15, -0.1) is 0 Å². The van der Waals surface area contributed by atoms with Crippen LogP contribution in [0.15, 0.2) is 38.1 Å². The van der Waals surface area contributed by atoms with Gasteiger partial charge in [-0.1, -0.05) is 13.2 Å². The third-order valence-electron chi connectivity index (χ3n) is 2.07. The summed E-state index contributed by atoms with van der Waals surface area (Å²) in [6.45, 7) is 7.89. The third kappa shape index (κ3) is 6.65. The Labute approximate surface area is 111 Å². The Hall–Kier alpha value is -1.88. The normalized spacial score (nSPS) is 12.7. The maximum Gasteiger partial charge on any atom is 0.226 e. The highest BCUT2D eigenvalue weighted by molar-refractivity contribution is 6.54. The summed E-state index contributed by atoms with van der Waals surface area (Å²) in [7, 11) is 0. The number of amides is 1. The Morgan fingerprint density at radius 1 is 1.39 bits per heavy atom. The molecule has 5 nitrogen and oxygen atoms in total. The van der Waals surface area contributed by atoms with Crippen LogP contribution in [0.3, 0.4) is 0 Å². The lowest BCUT2D eigenvalue weighted by Crippen LogP contribution is -2.16. The van der Waals surface area contributed by atoms with Crippen molar-refractivity contribution < 1.29 is 9.59 Å². The summed E-state index contributed by atoms with van der Waals surface area (Å²) in [6.07, 6.45) is 10.2. The average Bonchev–Trinajstić information content (AvgIpc) is 3.01. The van der Waals surface area contributed by atoms with E-state index >= 15 is 0 Å². The predicted octanol–water partition coefficient (Wildman–Crippen LogP) is 2.15. The average molecular weight is 270 g/mol. The van der Waals surface area contributed by atoms with E-state index in [0.717, 1.165) is 13.0 Å². The zero-order valence-electron chi connectivity index (χ0n) is 10.0. The van der Waals surface area contributed by atoms with Gasteiger partial charge < -0.3 is 9.47 Å². The van der Waals surface area contributed by atoms with E-state index in [1.165, 1.54) is 0 Å². The molecular weight excluding hydrogens is 254 g/mol. The van der Waals surface area contributed by atoms with Gasteiger partial charge in [0.25, 0.3) is 0 Å². The molecule has 0 radical (unpaired) electrons. The molecule has 0 aliphatic carbocycles. The van der Waals surface area contributed by atoms with E-state index in [-0.39, 0.29) is 11.7 Å². The number of carbonyl (C=O) groups is 2. The summed E-state index contributed by atoms with van der Waals surface area (Å²) in [5.41, 5.74) is 0. The Morgan fingerprint density at radius 3 is 2.28 bits per heavy atom. The van der Waals surface area contributed by atoms with Crippen LogP contribution in [0.4, 0.5) is 0 Å². The second-order valence-corrected chi connectivity index (χ2v) is 3.33. The minimum Gasteiger partial charge on any atom is -0.320 e.